The number of allylic oxidation sites excluding steroid dienone is 2. The van der Waals surface area contributed by atoms with Crippen LogP contribution in [0.2, 0.25) is 0 Å². The number of carbonyl (C=O) groups excluding carboxylic acids is 1. The molecule has 1 heterocycles. The highest BCUT2D eigenvalue weighted by molar-refractivity contribution is 5.93. The van der Waals surface area contributed by atoms with Crippen LogP contribution in [-0.2, 0) is 20.7 Å². The van der Waals surface area contributed by atoms with E-state index in [1.165, 1.54) is 23.1 Å². The first-order valence-electron chi connectivity index (χ1n) is 9.07. The topological polar surface area (TPSA) is 38.8 Å². The third-order valence-electron chi connectivity index (χ3n) is 5.54. The van der Waals surface area contributed by atoms with Crippen molar-refractivity contribution in [1.82, 2.24) is 0 Å². The third-order valence-corrected chi connectivity index (χ3v) is 5.54. The van der Waals surface area contributed by atoms with Gasteiger partial charge in [-0.05, 0) is 36.8 Å². The van der Waals surface area contributed by atoms with Crippen LogP contribution in [0.5, 0.6) is 0 Å². The molecule has 1 unspecified atom stereocenters. The second-order valence-corrected chi connectivity index (χ2v) is 7.53. The lowest BCUT2D eigenvalue weighted by molar-refractivity contribution is -0.123. The number of fused-ring (bicyclic) bond motifs is 1. The highest BCUT2D eigenvalue weighted by Crippen LogP contribution is 2.46. The molecule has 1 fully saturated rings. The van der Waals surface area contributed by atoms with Crippen LogP contribution in [-0.4, -0.2) is 32.3 Å². The Hall–Kier alpha value is -2.21. The summed E-state index contributed by atoms with van der Waals surface area (Å²) in [6, 6.07) is 2.45. The van der Waals surface area contributed by atoms with Crippen LogP contribution in [0.4, 0.5) is 14.5 Å². The number of rotatable bonds is 6. The van der Waals surface area contributed by atoms with E-state index in [1.807, 2.05) is 6.92 Å². The second-order valence-electron chi connectivity index (χ2n) is 7.53. The Labute approximate surface area is 158 Å². The molecule has 6 heteroatoms. The van der Waals surface area contributed by atoms with E-state index in [9.17, 15) is 13.6 Å². The van der Waals surface area contributed by atoms with E-state index in [0.29, 0.717) is 18.6 Å². The summed E-state index contributed by atoms with van der Waals surface area (Å²) in [7, 11) is 3.33. The first kappa shape index (κ1) is 19.5. The van der Waals surface area contributed by atoms with Gasteiger partial charge in [0.05, 0.1) is 5.69 Å². The molecule has 0 radical (unpaired) electrons. The third kappa shape index (κ3) is 3.50. The van der Waals surface area contributed by atoms with Crippen molar-refractivity contribution in [3.63, 3.8) is 0 Å². The van der Waals surface area contributed by atoms with Crippen molar-refractivity contribution in [1.29, 1.82) is 0 Å². The van der Waals surface area contributed by atoms with Gasteiger partial charge in [0.25, 0.3) is 0 Å². The van der Waals surface area contributed by atoms with Gasteiger partial charge in [-0.25, -0.2) is 8.78 Å². The SMILES string of the molecule is C=CC[C@H]1C[C@]2(C(C)Cc3cc(F)c(N(C)C)cc3F)OCOC2=CC1=O. The van der Waals surface area contributed by atoms with Gasteiger partial charge in [0.1, 0.15) is 23.0 Å². The number of benzene rings is 1. The minimum Gasteiger partial charge on any atom is -0.469 e. The molecule has 0 spiro atoms. The standard InChI is InChI=1S/C21H25F2NO3/c1-5-6-14-11-21(20(10-19(14)25)26-12-27-21)13(2)7-15-8-17(23)18(24(3)4)9-16(15)22/h5,8-10,13-14H,1,6-7,11-12H2,2-4H3/t13?,14-,21+/m0/s1. The normalized spacial score (nSPS) is 25.4. The number of hydrogen-bond acceptors (Lipinski definition) is 4. The Morgan fingerprint density at radius 1 is 1.37 bits per heavy atom. The molecule has 27 heavy (non-hydrogen) atoms. The fourth-order valence-electron chi connectivity index (χ4n) is 3.99. The van der Waals surface area contributed by atoms with Crippen LogP contribution < -0.4 is 4.90 Å². The fourth-order valence-corrected chi connectivity index (χ4v) is 3.99. The monoisotopic (exact) mass is 377 g/mol. The molecule has 1 aromatic carbocycles. The molecule has 3 rings (SSSR count). The zero-order valence-electron chi connectivity index (χ0n) is 15.9. The largest absolute Gasteiger partial charge is 0.469 e. The molecular formula is C21H25F2NO3. The minimum atomic E-state index is -0.801. The van der Waals surface area contributed by atoms with Crippen molar-refractivity contribution >= 4 is 11.5 Å². The van der Waals surface area contributed by atoms with Crippen molar-refractivity contribution in [3.05, 3.63) is 53.8 Å². The molecule has 2 aliphatic rings. The average molecular weight is 377 g/mol. The van der Waals surface area contributed by atoms with Crippen LogP contribution in [0.25, 0.3) is 0 Å². The first-order valence-corrected chi connectivity index (χ1v) is 9.07. The second kappa shape index (κ2) is 7.43. The predicted octanol–water partition coefficient (Wildman–Crippen LogP) is 4.00. The van der Waals surface area contributed by atoms with E-state index < -0.39 is 17.2 Å². The predicted molar refractivity (Wildman–Crippen MR) is 99.3 cm³/mol. The Kier molecular flexibility index (Phi) is 5.38. The average Bonchev–Trinajstić information content (AvgIpc) is 3.02. The molecule has 0 saturated carbocycles. The number of ketones is 1. The summed E-state index contributed by atoms with van der Waals surface area (Å²) in [5, 5.41) is 0. The van der Waals surface area contributed by atoms with Gasteiger partial charge in [-0.1, -0.05) is 13.0 Å². The molecule has 0 bridgehead atoms. The number of carbonyl (C=O) groups is 1. The summed E-state index contributed by atoms with van der Waals surface area (Å²) in [4.78, 5) is 13.8. The molecule has 1 saturated heterocycles. The lowest BCUT2D eigenvalue weighted by atomic mass is 9.71. The molecule has 1 aliphatic carbocycles. The molecule has 0 amide bonds. The Morgan fingerprint density at radius 2 is 2.11 bits per heavy atom. The number of ether oxygens (including phenoxy) is 2. The molecule has 1 aliphatic heterocycles. The maximum Gasteiger partial charge on any atom is 0.189 e. The molecule has 0 N–H and O–H groups in total. The summed E-state index contributed by atoms with van der Waals surface area (Å²) in [5.41, 5.74) is -0.311. The minimum absolute atomic E-state index is 0.00853. The molecule has 146 valence electrons. The molecule has 4 nitrogen and oxygen atoms in total. The van der Waals surface area contributed by atoms with E-state index in [4.69, 9.17) is 9.47 Å². The van der Waals surface area contributed by atoms with E-state index in [1.54, 1.807) is 20.2 Å². The van der Waals surface area contributed by atoms with Gasteiger partial charge in [-0.3, -0.25) is 4.79 Å². The van der Waals surface area contributed by atoms with Gasteiger partial charge in [0.15, 0.2) is 12.6 Å². The van der Waals surface area contributed by atoms with E-state index in [2.05, 4.69) is 6.58 Å². The Morgan fingerprint density at radius 3 is 2.78 bits per heavy atom. The summed E-state index contributed by atoms with van der Waals surface area (Å²) in [6.45, 7) is 5.69. The molecule has 1 aromatic rings. The summed E-state index contributed by atoms with van der Waals surface area (Å²) < 4.78 is 40.4. The quantitative estimate of drug-likeness (QED) is 0.703. The molecule has 3 atom stereocenters. The summed E-state index contributed by atoms with van der Waals surface area (Å²) in [6.07, 6.45) is 4.47. The van der Waals surface area contributed by atoms with Crippen LogP contribution in [0, 0.1) is 23.5 Å². The van der Waals surface area contributed by atoms with Crippen molar-refractivity contribution in [3.8, 4) is 0 Å². The van der Waals surface area contributed by atoms with Crippen molar-refractivity contribution in [2.24, 2.45) is 11.8 Å². The van der Waals surface area contributed by atoms with Gasteiger partial charge in [-0.2, -0.15) is 0 Å². The maximum absolute atomic E-state index is 14.6. The zero-order chi connectivity index (χ0) is 19.8. The van der Waals surface area contributed by atoms with Gasteiger partial charge < -0.3 is 14.4 Å². The van der Waals surface area contributed by atoms with Gasteiger partial charge in [0, 0.05) is 32.2 Å². The highest BCUT2D eigenvalue weighted by Gasteiger charge is 2.51. The number of halogens is 2. The summed E-state index contributed by atoms with van der Waals surface area (Å²) >= 11 is 0. The van der Waals surface area contributed by atoms with Crippen molar-refractivity contribution in [2.75, 3.05) is 25.8 Å². The van der Waals surface area contributed by atoms with Crippen molar-refractivity contribution < 1.29 is 23.0 Å². The maximum atomic E-state index is 14.6. The number of nitrogens with zero attached hydrogens (tertiary/aromatic N) is 1. The molecule has 0 aromatic heterocycles. The highest BCUT2D eigenvalue weighted by atomic mass is 19.1. The van der Waals surface area contributed by atoms with Gasteiger partial charge in [0.2, 0.25) is 0 Å². The number of anilines is 1. The van der Waals surface area contributed by atoms with Crippen LogP contribution in [0.3, 0.4) is 0 Å². The smallest absolute Gasteiger partial charge is 0.189 e. The van der Waals surface area contributed by atoms with E-state index in [-0.39, 0.29) is 42.1 Å². The zero-order valence-corrected chi connectivity index (χ0v) is 15.9. The van der Waals surface area contributed by atoms with Crippen LogP contribution in [0.1, 0.15) is 25.3 Å². The Balaban J connectivity index is 1.90. The van der Waals surface area contributed by atoms with Gasteiger partial charge in [-0.15, -0.1) is 6.58 Å². The van der Waals surface area contributed by atoms with Crippen molar-refractivity contribution in [2.45, 2.75) is 31.8 Å². The van der Waals surface area contributed by atoms with E-state index >= 15 is 0 Å². The van der Waals surface area contributed by atoms with E-state index in [0.717, 1.165) is 0 Å². The first-order chi connectivity index (χ1) is 12.8. The summed E-state index contributed by atoms with van der Waals surface area (Å²) in [5.74, 6) is -0.887. The molecular weight excluding hydrogens is 352 g/mol. The van der Waals surface area contributed by atoms with Crippen LogP contribution in [0.15, 0.2) is 36.6 Å². The Bertz CT molecular complexity index is 790. The lowest BCUT2D eigenvalue weighted by Crippen LogP contribution is -2.45. The van der Waals surface area contributed by atoms with Gasteiger partial charge >= 0.3 is 0 Å². The number of hydrogen-bond donors (Lipinski definition) is 0. The lowest BCUT2D eigenvalue weighted by Gasteiger charge is -2.38. The van der Waals surface area contributed by atoms with Crippen LogP contribution >= 0.6 is 0 Å². The fraction of sp³-hybridized carbons (Fsp3) is 0.476.